The minimum Gasteiger partial charge on any atom is -0.393 e. The van der Waals surface area contributed by atoms with Gasteiger partial charge in [-0.1, -0.05) is 13.3 Å². The molecule has 0 atom stereocenters. The van der Waals surface area contributed by atoms with Crippen LogP contribution in [0.15, 0.2) is 30.5 Å². The van der Waals surface area contributed by atoms with Gasteiger partial charge in [0, 0.05) is 18.2 Å². The highest BCUT2D eigenvalue weighted by Gasteiger charge is 2.21. The Hall–Kier alpha value is -2.74. The van der Waals surface area contributed by atoms with Gasteiger partial charge in [0.1, 0.15) is 11.5 Å². The maximum Gasteiger partial charge on any atom is 0.255 e. The van der Waals surface area contributed by atoms with Crippen molar-refractivity contribution >= 4 is 23.4 Å². The molecule has 0 aliphatic heterocycles. The summed E-state index contributed by atoms with van der Waals surface area (Å²) in [7, 11) is 0. The SMILES string of the molecule is CCCCNc1ncc(NC(=O)c2ccc(F)cc2)c(NC2CCC(O)CC2)n1. The van der Waals surface area contributed by atoms with E-state index in [9.17, 15) is 14.3 Å². The molecule has 1 saturated carbocycles. The summed E-state index contributed by atoms with van der Waals surface area (Å²) in [6.07, 6.45) is 6.53. The molecular formula is C21H28FN5O2. The topological polar surface area (TPSA) is 99.2 Å². The van der Waals surface area contributed by atoms with Crippen molar-refractivity contribution in [2.45, 2.75) is 57.6 Å². The zero-order valence-corrected chi connectivity index (χ0v) is 16.6. The molecular weight excluding hydrogens is 373 g/mol. The van der Waals surface area contributed by atoms with E-state index >= 15 is 0 Å². The maximum atomic E-state index is 13.1. The first kappa shape index (κ1) is 21.0. The molecule has 2 aromatic rings. The minimum atomic E-state index is -0.394. The number of carbonyl (C=O) groups is 1. The van der Waals surface area contributed by atoms with Crippen molar-refractivity contribution in [3.8, 4) is 0 Å². The number of amides is 1. The molecule has 1 aliphatic rings. The van der Waals surface area contributed by atoms with Gasteiger partial charge in [0.25, 0.3) is 5.91 Å². The number of hydrogen-bond donors (Lipinski definition) is 4. The van der Waals surface area contributed by atoms with Gasteiger partial charge in [-0.2, -0.15) is 4.98 Å². The van der Waals surface area contributed by atoms with Gasteiger partial charge in [-0.3, -0.25) is 4.79 Å². The van der Waals surface area contributed by atoms with E-state index in [4.69, 9.17) is 0 Å². The van der Waals surface area contributed by atoms with Crippen molar-refractivity contribution < 1.29 is 14.3 Å². The average Bonchev–Trinajstić information content (AvgIpc) is 2.72. The van der Waals surface area contributed by atoms with Gasteiger partial charge in [-0.05, 0) is 56.4 Å². The number of benzene rings is 1. The maximum absolute atomic E-state index is 13.1. The molecule has 0 radical (unpaired) electrons. The second kappa shape index (κ2) is 10.2. The third-order valence-corrected chi connectivity index (χ3v) is 4.99. The van der Waals surface area contributed by atoms with Crippen LogP contribution in [0.3, 0.4) is 0 Å². The molecule has 0 unspecified atom stereocenters. The van der Waals surface area contributed by atoms with Crippen LogP contribution >= 0.6 is 0 Å². The van der Waals surface area contributed by atoms with E-state index < -0.39 is 5.82 Å². The third-order valence-electron chi connectivity index (χ3n) is 4.99. The summed E-state index contributed by atoms with van der Waals surface area (Å²) in [5.74, 6) is 0.282. The van der Waals surface area contributed by atoms with Gasteiger partial charge in [0.15, 0.2) is 5.82 Å². The highest BCUT2D eigenvalue weighted by Crippen LogP contribution is 2.26. The van der Waals surface area contributed by atoms with Gasteiger partial charge < -0.3 is 21.1 Å². The fourth-order valence-corrected chi connectivity index (χ4v) is 3.25. The van der Waals surface area contributed by atoms with E-state index in [1.165, 1.54) is 24.3 Å². The quantitative estimate of drug-likeness (QED) is 0.502. The number of aliphatic hydroxyl groups is 1. The lowest BCUT2D eigenvalue weighted by Gasteiger charge is -2.27. The Morgan fingerprint density at radius 3 is 2.62 bits per heavy atom. The second-order valence-corrected chi connectivity index (χ2v) is 7.35. The number of nitrogens with zero attached hydrogens (tertiary/aromatic N) is 2. The standard InChI is InChI=1S/C21H28FN5O2/c1-2-3-12-23-21-24-13-18(26-20(29)14-4-6-15(22)7-5-14)19(27-21)25-16-8-10-17(28)11-9-16/h4-7,13,16-17,28H,2-3,8-12H2,1H3,(H,26,29)(H2,23,24,25,27). The van der Waals surface area contributed by atoms with Crippen LogP contribution in [0.25, 0.3) is 0 Å². The van der Waals surface area contributed by atoms with Gasteiger partial charge in [-0.15, -0.1) is 0 Å². The molecule has 0 spiro atoms. The zero-order valence-electron chi connectivity index (χ0n) is 16.6. The van der Waals surface area contributed by atoms with Crippen LogP contribution in [0.2, 0.25) is 0 Å². The Balaban J connectivity index is 1.76. The fraction of sp³-hybridized carbons (Fsp3) is 0.476. The lowest BCUT2D eigenvalue weighted by Crippen LogP contribution is -2.29. The van der Waals surface area contributed by atoms with Gasteiger partial charge in [0.05, 0.1) is 12.3 Å². The second-order valence-electron chi connectivity index (χ2n) is 7.35. The predicted molar refractivity (Wildman–Crippen MR) is 112 cm³/mol. The molecule has 3 rings (SSSR count). The number of nitrogens with one attached hydrogen (secondary N) is 3. The van der Waals surface area contributed by atoms with Crippen molar-refractivity contribution in [1.29, 1.82) is 0 Å². The molecule has 1 heterocycles. The van der Waals surface area contributed by atoms with Gasteiger partial charge in [-0.25, -0.2) is 9.37 Å². The Morgan fingerprint density at radius 1 is 1.21 bits per heavy atom. The monoisotopic (exact) mass is 401 g/mol. The van der Waals surface area contributed by atoms with Crippen molar-refractivity contribution in [1.82, 2.24) is 9.97 Å². The number of carbonyl (C=O) groups excluding carboxylic acids is 1. The van der Waals surface area contributed by atoms with E-state index in [2.05, 4.69) is 32.8 Å². The van der Waals surface area contributed by atoms with E-state index in [1.807, 2.05) is 0 Å². The summed E-state index contributed by atoms with van der Waals surface area (Å²) in [5.41, 5.74) is 0.815. The number of unbranched alkanes of at least 4 members (excludes halogenated alkanes) is 1. The lowest BCUT2D eigenvalue weighted by molar-refractivity contribution is 0.102. The van der Waals surface area contributed by atoms with Crippen LogP contribution in [0.5, 0.6) is 0 Å². The van der Waals surface area contributed by atoms with Crippen LogP contribution < -0.4 is 16.0 Å². The largest absolute Gasteiger partial charge is 0.393 e. The summed E-state index contributed by atoms with van der Waals surface area (Å²) in [6, 6.07) is 5.53. The van der Waals surface area contributed by atoms with E-state index in [1.54, 1.807) is 6.20 Å². The molecule has 1 aromatic heterocycles. The number of aliphatic hydroxyl groups excluding tert-OH is 1. The van der Waals surface area contributed by atoms with Crippen LogP contribution in [0.1, 0.15) is 55.8 Å². The molecule has 0 bridgehead atoms. The molecule has 7 nitrogen and oxygen atoms in total. The molecule has 0 saturated heterocycles. The Labute approximate surface area is 170 Å². The van der Waals surface area contributed by atoms with E-state index in [-0.39, 0.29) is 18.1 Å². The van der Waals surface area contributed by atoms with Crippen LogP contribution in [-0.4, -0.2) is 39.7 Å². The van der Waals surface area contributed by atoms with Crippen molar-refractivity contribution in [2.75, 3.05) is 22.5 Å². The van der Waals surface area contributed by atoms with Crippen LogP contribution in [-0.2, 0) is 0 Å². The molecule has 8 heteroatoms. The molecule has 1 fully saturated rings. The number of aromatic nitrogens is 2. The average molecular weight is 401 g/mol. The lowest BCUT2D eigenvalue weighted by atomic mass is 9.93. The summed E-state index contributed by atoms with van der Waals surface area (Å²) >= 11 is 0. The first-order valence-electron chi connectivity index (χ1n) is 10.2. The number of halogens is 1. The highest BCUT2D eigenvalue weighted by atomic mass is 19.1. The molecule has 156 valence electrons. The molecule has 29 heavy (non-hydrogen) atoms. The first-order valence-corrected chi connectivity index (χ1v) is 10.2. The van der Waals surface area contributed by atoms with Gasteiger partial charge >= 0.3 is 0 Å². The Kier molecular flexibility index (Phi) is 7.35. The number of hydrogen-bond acceptors (Lipinski definition) is 6. The van der Waals surface area contributed by atoms with Crippen molar-refractivity contribution in [2.24, 2.45) is 0 Å². The summed E-state index contributed by atoms with van der Waals surface area (Å²) in [6.45, 7) is 2.88. The molecule has 1 aliphatic carbocycles. The summed E-state index contributed by atoms with van der Waals surface area (Å²) in [5, 5.41) is 19.1. The Morgan fingerprint density at radius 2 is 1.93 bits per heavy atom. The smallest absolute Gasteiger partial charge is 0.255 e. The minimum absolute atomic E-state index is 0.165. The summed E-state index contributed by atoms with van der Waals surface area (Å²) < 4.78 is 13.1. The Bertz CT molecular complexity index is 807. The fourth-order valence-electron chi connectivity index (χ4n) is 3.25. The normalized spacial score (nSPS) is 18.9. The molecule has 4 N–H and O–H groups in total. The molecule has 1 aromatic carbocycles. The first-order chi connectivity index (χ1) is 14.0. The van der Waals surface area contributed by atoms with E-state index in [0.29, 0.717) is 23.0 Å². The van der Waals surface area contributed by atoms with Crippen molar-refractivity contribution in [3.05, 3.63) is 41.8 Å². The van der Waals surface area contributed by atoms with Crippen LogP contribution in [0.4, 0.5) is 21.8 Å². The van der Waals surface area contributed by atoms with Crippen molar-refractivity contribution in [3.63, 3.8) is 0 Å². The van der Waals surface area contributed by atoms with Gasteiger partial charge in [0.2, 0.25) is 5.95 Å². The third kappa shape index (κ3) is 6.12. The summed E-state index contributed by atoms with van der Waals surface area (Å²) in [4.78, 5) is 21.4. The number of anilines is 3. The number of rotatable bonds is 8. The van der Waals surface area contributed by atoms with Crippen LogP contribution in [0, 0.1) is 5.82 Å². The predicted octanol–water partition coefficient (Wildman–Crippen LogP) is 3.80. The highest BCUT2D eigenvalue weighted by molar-refractivity contribution is 6.05. The zero-order chi connectivity index (χ0) is 20.6. The molecule has 1 amide bonds. The van der Waals surface area contributed by atoms with E-state index in [0.717, 1.165) is 45.1 Å².